The van der Waals surface area contributed by atoms with Crippen molar-refractivity contribution < 1.29 is 17.6 Å². The molecule has 11 rings (SSSR count). The SMILES string of the molecule is O=c1c(=Nc2cc3c(s2)c2sc4c5sc(N=c6c(=O)c7cc(F)c(F)cc7c6=O)cc5n(CC5CCCCC5)c4c2n3CC2CCCCC2)c(=O)c2cc(F)c(F)cc12. The van der Waals surface area contributed by atoms with E-state index in [-0.39, 0.29) is 32.3 Å². The number of aromatic nitrogens is 2. The van der Waals surface area contributed by atoms with Gasteiger partial charge in [-0.25, -0.2) is 27.5 Å². The number of hydrogen-bond donors (Lipinski definition) is 0. The summed E-state index contributed by atoms with van der Waals surface area (Å²) in [7, 11) is 0. The van der Waals surface area contributed by atoms with Crippen LogP contribution in [-0.2, 0) is 13.1 Å². The Balaban J connectivity index is 1.15. The first-order valence-electron chi connectivity index (χ1n) is 19.9. The molecule has 0 radical (unpaired) electrons. The molecule has 0 unspecified atom stereocenters. The smallest absolute Gasteiger partial charge is 0.216 e. The fraction of sp³-hybridized carbons (Fsp3) is 0.318. The molecule has 0 saturated heterocycles. The van der Waals surface area contributed by atoms with Crippen LogP contribution < -0.4 is 32.4 Å². The predicted molar refractivity (Wildman–Crippen MR) is 227 cm³/mol. The maximum atomic E-state index is 14.1. The Hall–Kier alpha value is -5.12. The fourth-order valence-corrected chi connectivity index (χ4v) is 13.3. The lowest BCUT2D eigenvalue weighted by molar-refractivity contribution is 0.323. The Labute approximate surface area is 342 Å². The predicted octanol–water partition coefficient (Wildman–Crippen LogP) is 9.77. The molecule has 2 aliphatic rings. The highest BCUT2D eigenvalue weighted by molar-refractivity contribution is 7.35. The zero-order valence-electron chi connectivity index (χ0n) is 31.3. The molecule has 2 aliphatic carbocycles. The number of fused-ring (bicyclic) bond motifs is 9. The van der Waals surface area contributed by atoms with Gasteiger partial charge in [0.05, 0.1) is 40.9 Å². The molecule has 59 heavy (non-hydrogen) atoms. The molecule has 0 spiro atoms. The van der Waals surface area contributed by atoms with Gasteiger partial charge in [0.1, 0.15) is 10.0 Å². The summed E-state index contributed by atoms with van der Waals surface area (Å²) in [5.41, 5.74) is 1.16. The highest BCUT2D eigenvalue weighted by Gasteiger charge is 2.29. The van der Waals surface area contributed by atoms with Crippen molar-refractivity contribution in [2.24, 2.45) is 21.8 Å². The van der Waals surface area contributed by atoms with Crippen molar-refractivity contribution in [2.75, 3.05) is 0 Å². The highest BCUT2D eigenvalue weighted by Crippen LogP contribution is 2.51. The Morgan fingerprint density at radius 1 is 0.475 bits per heavy atom. The number of rotatable bonds is 6. The maximum absolute atomic E-state index is 14.1. The summed E-state index contributed by atoms with van der Waals surface area (Å²) in [5.74, 6) is -3.93. The van der Waals surface area contributed by atoms with Crippen LogP contribution in [0.25, 0.3) is 62.4 Å². The van der Waals surface area contributed by atoms with E-state index in [1.807, 2.05) is 12.1 Å². The van der Waals surface area contributed by atoms with Gasteiger partial charge in [0, 0.05) is 34.6 Å². The third-order valence-electron chi connectivity index (χ3n) is 12.5. The second-order valence-corrected chi connectivity index (χ2v) is 19.2. The van der Waals surface area contributed by atoms with Gasteiger partial charge >= 0.3 is 0 Å². The van der Waals surface area contributed by atoms with E-state index in [0.717, 1.165) is 130 Å². The van der Waals surface area contributed by atoms with Crippen LogP contribution >= 0.6 is 34.0 Å². The average molecular weight is 853 g/mol. The van der Waals surface area contributed by atoms with E-state index in [4.69, 9.17) is 0 Å². The molecule has 5 heterocycles. The second kappa shape index (κ2) is 13.7. The van der Waals surface area contributed by atoms with E-state index in [0.29, 0.717) is 21.8 Å². The van der Waals surface area contributed by atoms with Crippen LogP contribution in [0.1, 0.15) is 64.2 Å². The number of benzene rings is 2. The summed E-state index contributed by atoms with van der Waals surface area (Å²) < 4.78 is 65.1. The normalized spacial score (nSPS) is 16.1. The second-order valence-electron chi connectivity index (χ2n) is 16.1. The Bertz CT molecular complexity index is 3230. The summed E-state index contributed by atoms with van der Waals surface area (Å²) in [4.78, 5) is 62.3. The van der Waals surface area contributed by atoms with Crippen molar-refractivity contribution in [3.63, 3.8) is 0 Å². The molecule has 2 saturated carbocycles. The van der Waals surface area contributed by atoms with Crippen molar-refractivity contribution in [1.82, 2.24) is 9.13 Å². The van der Waals surface area contributed by atoms with Gasteiger partial charge < -0.3 is 9.13 Å². The zero-order chi connectivity index (χ0) is 40.4. The van der Waals surface area contributed by atoms with Gasteiger partial charge in [-0.15, -0.1) is 34.0 Å². The number of halogens is 4. The van der Waals surface area contributed by atoms with Crippen LogP contribution in [0.5, 0.6) is 0 Å². The van der Waals surface area contributed by atoms with E-state index in [2.05, 4.69) is 19.1 Å². The van der Waals surface area contributed by atoms with E-state index in [9.17, 15) is 36.7 Å². The van der Waals surface area contributed by atoms with Gasteiger partial charge in [0.2, 0.25) is 21.7 Å². The van der Waals surface area contributed by atoms with E-state index in [1.165, 1.54) is 35.5 Å². The zero-order valence-corrected chi connectivity index (χ0v) is 33.7. The summed E-state index contributed by atoms with van der Waals surface area (Å²) in [6.07, 6.45) is 11.5. The molecule has 298 valence electrons. The van der Waals surface area contributed by atoms with Gasteiger partial charge in [-0.3, -0.25) is 19.2 Å². The first kappa shape index (κ1) is 36.9. The van der Waals surface area contributed by atoms with Gasteiger partial charge in [0.25, 0.3) is 0 Å². The van der Waals surface area contributed by atoms with Crippen molar-refractivity contribution in [1.29, 1.82) is 0 Å². The molecule has 0 aliphatic heterocycles. The maximum Gasteiger partial charge on any atom is 0.216 e. The average Bonchev–Trinajstić information content (AvgIpc) is 4.08. The molecule has 9 aromatic rings. The third kappa shape index (κ3) is 5.71. The Morgan fingerprint density at radius 3 is 1.15 bits per heavy atom. The number of nitrogens with zero attached hydrogens (tertiary/aromatic N) is 4. The molecule has 0 atom stereocenters. The Kier molecular flexibility index (Phi) is 8.58. The minimum atomic E-state index is -1.21. The van der Waals surface area contributed by atoms with Crippen molar-refractivity contribution in [3.8, 4) is 0 Å². The van der Waals surface area contributed by atoms with Crippen LogP contribution in [0.3, 0.4) is 0 Å². The molecular formula is C44H32F4N4O4S3. The van der Waals surface area contributed by atoms with E-state index >= 15 is 0 Å². The molecule has 8 nitrogen and oxygen atoms in total. The molecule has 0 bridgehead atoms. The first-order valence-corrected chi connectivity index (χ1v) is 22.3. The van der Waals surface area contributed by atoms with Crippen molar-refractivity contribution in [3.05, 3.63) is 111 Å². The molecule has 0 N–H and O–H groups in total. The minimum Gasteiger partial charge on any atom is -0.337 e. The Morgan fingerprint density at radius 2 is 0.814 bits per heavy atom. The van der Waals surface area contributed by atoms with Crippen LogP contribution in [0.15, 0.2) is 65.6 Å². The van der Waals surface area contributed by atoms with Crippen molar-refractivity contribution in [2.45, 2.75) is 77.3 Å². The van der Waals surface area contributed by atoms with Gasteiger partial charge in [-0.05, 0) is 73.9 Å². The first-order chi connectivity index (χ1) is 28.5. The fourth-order valence-electron chi connectivity index (χ4n) is 9.66. The van der Waals surface area contributed by atoms with Crippen LogP contribution in [0.2, 0.25) is 0 Å². The summed E-state index contributed by atoms with van der Waals surface area (Å²) in [6, 6.07) is 6.85. The number of thiophene rings is 3. The number of hydrogen-bond acceptors (Lipinski definition) is 9. The minimum absolute atomic E-state index is 0.198. The quantitative estimate of drug-likeness (QED) is 0.156. The topological polar surface area (TPSA) is 103 Å². The standard InChI is InChI=1S/C44H32F4N4O4S3/c45-25-11-21-22(12-26(25)46)38(54)33(37(21)53)49-31-15-29-41(57-31)43-35(51(29)17-19-7-3-1-4-8-19)36-44(59-43)42-30(52(36)18-20-9-5-2-6-10-20)16-32(58-42)50-34-39(55)23-13-27(47)28(48)14-24(23)40(34)56/h11-16,19-20H,1-10,17-18H2. The highest BCUT2D eigenvalue weighted by atomic mass is 32.1. The third-order valence-corrected chi connectivity index (χ3v) is 16.1. The molecule has 4 aromatic carbocycles. The molecular weight excluding hydrogens is 821 g/mol. The van der Waals surface area contributed by atoms with E-state index in [1.54, 1.807) is 11.3 Å². The monoisotopic (exact) mass is 852 g/mol. The molecule has 5 aromatic heterocycles. The molecule has 2 fully saturated rings. The lowest BCUT2D eigenvalue weighted by Gasteiger charge is -2.24. The van der Waals surface area contributed by atoms with Crippen LogP contribution in [0, 0.1) is 35.1 Å². The van der Waals surface area contributed by atoms with Crippen LogP contribution in [0.4, 0.5) is 27.6 Å². The summed E-state index contributed by atoms with van der Waals surface area (Å²) in [6.45, 7) is 1.54. The van der Waals surface area contributed by atoms with Gasteiger partial charge in [-0.2, -0.15) is 0 Å². The largest absolute Gasteiger partial charge is 0.337 e. The summed E-state index contributed by atoms with van der Waals surface area (Å²) in [5, 5.41) is -0.653. The lowest BCUT2D eigenvalue weighted by atomic mass is 9.89. The van der Waals surface area contributed by atoms with Gasteiger partial charge in [0.15, 0.2) is 34.0 Å². The van der Waals surface area contributed by atoms with Crippen molar-refractivity contribution >= 4 is 106 Å². The summed E-state index contributed by atoms with van der Waals surface area (Å²) >= 11 is 4.37. The lowest BCUT2D eigenvalue weighted by Crippen LogP contribution is -2.31. The van der Waals surface area contributed by atoms with Crippen LogP contribution in [-0.4, -0.2) is 9.13 Å². The van der Waals surface area contributed by atoms with Gasteiger partial charge in [-0.1, -0.05) is 38.5 Å². The van der Waals surface area contributed by atoms with E-state index < -0.39 is 45.0 Å². The molecule has 15 heteroatoms. The molecule has 0 amide bonds.